The molecule has 13 rings (SSSR count). The van der Waals surface area contributed by atoms with E-state index in [0.717, 1.165) is 88.4 Å². The summed E-state index contributed by atoms with van der Waals surface area (Å²) in [6, 6.07) is 88.2. The van der Waals surface area contributed by atoms with Crippen molar-refractivity contribution in [3.8, 4) is 78.9 Å². The lowest BCUT2D eigenvalue weighted by Gasteiger charge is -2.15. The third-order valence-electron chi connectivity index (χ3n) is 13.2. The lowest BCUT2D eigenvalue weighted by molar-refractivity contribution is 0.953. The van der Waals surface area contributed by atoms with Gasteiger partial charge in [-0.05, 0) is 80.9 Å². The molecule has 3 aromatic heterocycles. The summed E-state index contributed by atoms with van der Waals surface area (Å²) < 4.78 is 4.70. The van der Waals surface area contributed by atoms with Crippen LogP contribution in [0.1, 0.15) is 0 Å². The molecule has 68 heavy (non-hydrogen) atoms. The van der Waals surface area contributed by atoms with Gasteiger partial charge in [0.1, 0.15) is 0 Å². The van der Waals surface area contributed by atoms with E-state index >= 15 is 0 Å². The van der Waals surface area contributed by atoms with Crippen molar-refractivity contribution in [1.29, 1.82) is 0 Å². The molecule has 0 radical (unpaired) electrons. The fourth-order valence-corrected chi connectivity index (χ4v) is 9.98. The third-order valence-corrected chi connectivity index (χ3v) is 13.2. The summed E-state index contributed by atoms with van der Waals surface area (Å²) in [7, 11) is 0. The first-order chi connectivity index (χ1) is 33.7. The monoisotopic (exact) mass is 867 g/mol. The molecule has 0 aliphatic carbocycles. The van der Waals surface area contributed by atoms with Crippen molar-refractivity contribution in [2.24, 2.45) is 0 Å². The molecule has 0 saturated carbocycles. The Kier molecular flexibility index (Phi) is 9.43. The van der Waals surface area contributed by atoms with Gasteiger partial charge in [-0.25, -0.2) is 4.98 Å². The van der Waals surface area contributed by atoms with Crippen molar-refractivity contribution in [3.05, 3.63) is 249 Å². The number of hydrogen-bond donors (Lipinski definition) is 0. The maximum absolute atomic E-state index is 5.45. The highest BCUT2D eigenvalue weighted by Gasteiger charge is 2.26. The highest BCUT2D eigenvalue weighted by atomic mass is 15.2. The van der Waals surface area contributed by atoms with Gasteiger partial charge in [0.15, 0.2) is 11.6 Å². The zero-order valence-electron chi connectivity index (χ0n) is 36.9. The highest BCUT2D eigenvalue weighted by molar-refractivity contribution is 6.28. The molecule has 0 bridgehead atoms. The Morgan fingerprint density at radius 1 is 0.265 bits per heavy atom. The van der Waals surface area contributed by atoms with Gasteiger partial charge >= 0.3 is 0 Å². The van der Waals surface area contributed by atoms with Crippen LogP contribution in [0.15, 0.2) is 249 Å². The minimum Gasteiger partial charge on any atom is -0.307 e. The molecule has 0 fully saturated rings. The van der Waals surface area contributed by atoms with Gasteiger partial charge in [-0.1, -0.05) is 212 Å². The van der Waals surface area contributed by atoms with Gasteiger partial charge in [0, 0.05) is 38.4 Å². The van der Waals surface area contributed by atoms with Gasteiger partial charge in [-0.2, -0.15) is 9.97 Å². The van der Waals surface area contributed by atoms with Crippen molar-refractivity contribution in [2.75, 3.05) is 0 Å². The van der Waals surface area contributed by atoms with E-state index in [0.29, 0.717) is 17.6 Å². The van der Waals surface area contributed by atoms with E-state index in [4.69, 9.17) is 15.0 Å². The largest absolute Gasteiger partial charge is 0.307 e. The summed E-state index contributed by atoms with van der Waals surface area (Å²) in [5, 5.41) is 4.54. The van der Waals surface area contributed by atoms with Gasteiger partial charge in [-0.15, -0.1) is 0 Å². The van der Waals surface area contributed by atoms with E-state index in [1.807, 2.05) is 24.3 Å². The van der Waals surface area contributed by atoms with Crippen LogP contribution in [-0.4, -0.2) is 24.1 Å². The summed E-state index contributed by atoms with van der Waals surface area (Å²) in [5.41, 5.74) is 16.4. The van der Waals surface area contributed by atoms with Gasteiger partial charge in [0.25, 0.3) is 0 Å². The number of hydrogen-bond acceptors (Lipinski definition) is 3. The average molecular weight is 868 g/mol. The van der Waals surface area contributed by atoms with Gasteiger partial charge in [0.05, 0.1) is 22.1 Å². The first-order valence-electron chi connectivity index (χ1n) is 23.0. The zero-order valence-corrected chi connectivity index (χ0v) is 36.9. The molecular weight excluding hydrogens is 827 g/mol. The molecule has 0 aliphatic heterocycles. The molecule has 0 unspecified atom stereocenters. The van der Waals surface area contributed by atoms with Crippen molar-refractivity contribution in [3.63, 3.8) is 0 Å². The average Bonchev–Trinajstić information content (AvgIpc) is 3.95. The molecule has 318 valence electrons. The van der Waals surface area contributed by atoms with Crippen LogP contribution < -0.4 is 0 Å². The van der Waals surface area contributed by atoms with Crippen molar-refractivity contribution in [2.45, 2.75) is 0 Å². The van der Waals surface area contributed by atoms with Crippen LogP contribution in [0.25, 0.3) is 123 Å². The summed E-state index contributed by atoms with van der Waals surface area (Å²) in [6.45, 7) is 0. The molecule has 3 heterocycles. The first kappa shape index (κ1) is 39.2. The third kappa shape index (κ3) is 6.68. The number of aromatic nitrogens is 5. The molecule has 0 amide bonds. The summed E-state index contributed by atoms with van der Waals surface area (Å²) >= 11 is 0. The lowest BCUT2D eigenvalue weighted by atomic mass is 9.93. The minimum atomic E-state index is 0.544. The minimum absolute atomic E-state index is 0.544. The number of benzene rings is 10. The summed E-state index contributed by atoms with van der Waals surface area (Å²) in [4.78, 5) is 16.1. The lowest BCUT2D eigenvalue weighted by Crippen LogP contribution is -2.07. The number of nitrogens with zero attached hydrogens (tertiary/aromatic N) is 5. The van der Waals surface area contributed by atoms with Crippen LogP contribution in [0.3, 0.4) is 0 Å². The highest BCUT2D eigenvalue weighted by Crippen LogP contribution is 2.46. The van der Waals surface area contributed by atoms with E-state index < -0.39 is 0 Å². The molecule has 0 N–H and O–H groups in total. The Hall–Kier alpha value is -9.19. The Morgan fingerprint density at radius 3 is 1.29 bits per heavy atom. The molecular formula is C63H41N5. The van der Waals surface area contributed by atoms with E-state index in [1.54, 1.807) is 0 Å². The quantitative estimate of drug-likeness (QED) is 0.153. The van der Waals surface area contributed by atoms with Crippen LogP contribution in [0.2, 0.25) is 0 Å². The molecule has 5 nitrogen and oxygen atoms in total. The normalized spacial score (nSPS) is 11.5. The smallest absolute Gasteiger partial charge is 0.238 e. The van der Waals surface area contributed by atoms with Crippen LogP contribution in [0.4, 0.5) is 0 Å². The predicted molar refractivity (Wildman–Crippen MR) is 281 cm³/mol. The Labute approximate surface area is 393 Å². The summed E-state index contributed by atoms with van der Waals surface area (Å²) in [6.07, 6.45) is 0. The maximum atomic E-state index is 5.45. The van der Waals surface area contributed by atoms with E-state index in [2.05, 4.69) is 234 Å². The molecule has 0 aliphatic rings. The zero-order chi connectivity index (χ0) is 45.0. The van der Waals surface area contributed by atoms with Crippen LogP contribution in [0.5, 0.6) is 0 Å². The predicted octanol–water partition coefficient (Wildman–Crippen LogP) is 16.1. The Morgan fingerprint density at radius 2 is 0.691 bits per heavy atom. The molecule has 5 heteroatoms. The molecule has 13 aromatic rings. The van der Waals surface area contributed by atoms with Gasteiger partial charge in [-0.3, -0.25) is 4.57 Å². The first-order valence-corrected chi connectivity index (χ1v) is 23.0. The molecule has 0 atom stereocenters. The van der Waals surface area contributed by atoms with Crippen LogP contribution >= 0.6 is 0 Å². The van der Waals surface area contributed by atoms with Crippen molar-refractivity contribution >= 4 is 43.6 Å². The standard InChI is InChI=1S/C63H41N5/c1-5-18-42(19-6-1)44-32-34-46(35-33-44)49-24-17-25-50(40-49)54-41-55-52-28-13-15-30-56(52)67(51-26-11-4-12-27-51)59(55)60-58(54)53-29-14-16-31-57(53)68(60)63-65-61(47-22-9-3-10-23-47)64-62(66-63)48-38-36-45(37-39-48)43-20-7-2-8-21-43/h1-41H. The van der Waals surface area contributed by atoms with Crippen LogP contribution in [-0.2, 0) is 0 Å². The second-order valence-electron chi connectivity index (χ2n) is 17.2. The van der Waals surface area contributed by atoms with E-state index in [1.165, 1.54) is 16.5 Å². The SMILES string of the molecule is c1ccc(-c2ccc(-c3cccc(-c4cc5c6ccccc6n(-c6ccccc6)c5c5c4c4ccccc4n5-c4nc(-c5ccccc5)nc(-c5ccc(-c6ccccc6)cc5)n4)c3)cc2)cc1. The summed E-state index contributed by atoms with van der Waals surface area (Å²) in [5.74, 6) is 1.75. The van der Waals surface area contributed by atoms with Crippen molar-refractivity contribution < 1.29 is 0 Å². The maximum Gasteiger partial charge on any atom is 0.238 e. The Balaban J connectivity index is 1.11. The van der Waals surface area contributed by atoms with Crippen molar-refractivity contribution in [1.82, 2.24) is 24.1 Å². The molecule has 10 aromatic carbocycles. The fourth-order valence-electron chi connectivity index (χ4n) is 9.98. The number of para-hydroxylation sites is 3. The number of rotatable bonds is 8. The van der Waals surface area contributed by atoms with Gasteiger partial charge in [0.2, 0.25) is 5.95 Å². The second-order valence-corrected chi connectivity index (χ2v) is 17.2. The molecule has 0 spiro atoms. The van der Waals surface area contributed by atoms with Gasteiger partial charge < -0.3 is 4.57 Å². The van der Waals surface area contributed by atoms with E-state index in [-0.39, 0.29) is 0 Å². The second kappa shape index (κ2) is 16.4. The van der Waals surface area contributed by atoms with Crippen LogP contribution in [0, 0.1) is 0 Å². The molecule has 0 saturated heterocycles. The Bertz CT molecular complexity index is 3970. The number of fused-ring (bicyclic) bond motifs is 7. The van der Waals surface area contributed by atoms with E-state index in [9.17, 15) is 0 Å². The fraction of sp³-hybridized carbons (Fsp3) is 0. The topological polar surface area (TPSA) is 48.5 Å².